The summed E-state index contributed by atoms with van der Waals surface area (Å²) in [5.74, 6) is 0.847. The molecule has 1 aliphatic heterocycles. The summed E-state index contributed by atoms with van der Waals surface area (Å²) in [7, 11) is 0. The number of ether oxygens (including phenoxy) is 2. The van der Waals surface area contributed by atoms with Gasteiger partial charge in [0, 0.05) is 19.4 Å². The SMILES string of the molecule is CC1(C)Cc2cc(C(O)CCOCC(F)F)ccc2O1. The van der Waals surface area contributed by atoms with E-state index in [0.717, 1.165) is 23.3 Å². The first-order valence-electron chi connectivity index (χ1n) is 6.73. The van der Waals surface area contributed by atoms with Gasteiger partial charge in [-0.2, -0.15) is 0 Å². The van der Waals surface area contributed by atoms with Crippen molar-refractivity contribution in [1.82, 2.24) is 0 Å². The van der Waals surface area contributed by atoms with Gasteiger partial charge in [-0.25, -0.2) is 8.78 Å². The number of aliphatic hydroxyl groups excluding tert-OH is 1. The average molecular weight is 286 g/mol. The minimum atomic E-state index is -2.47. The second kappa shape index (κ2) is 6.06. The fraction of sp³-hybridized carbons (Fsp3) is 0.600. The molecule has 0 saturated carbocycles. The molecule has 1 aromatic rings. The van der Waals surface area contributed by atoms with Gasteiger partial charge in [0.1, 0.15) is 18.0 Å². The van der Waals surface area contributed by atoms with E-state index >= 15 is 0 Å². The van der Waals surface area contributed by atoms with Crippen LogP contribution in [0.2, 0.25) is 0 Å². The first-order valence-corrected chi connectivity index (χ1v) is 6.73. The van der Waals surface area contributed by atoms with Crippen LogP contribution < -0.4 is 4.74 Å². The molecule has 1 N–H and O–H groups in total. The summed E-state index contributed by atoms with van der Waals surface area (Å²) < 4.78 is 34.3. The molecule has 0 aromatic heterocycles. The van der Waals surface area contributed by atoms with Crippen LogP contribution in [0.4, 0.5) is 8.78 Å². The van der Waals surface area contributed by atoms with Crippen LogP contribution in [0.15, 0.2) is 18.2 Å². The predicted octanol–water partition coefficient (Wildman–Crippen LogP) is 3.11. The van der Waals surface area contributed by atoms with Crippen LogP contribution >= 0.6 is 0 Å². The highest BCUT2D eigenvalue weighted by atomic mass is 19.3. The Hall–Kier alpha value is -1.20. The summed E-state index contributed by atoms with van der Waals surface area (Å²) in [5.41, 5.74) is 1.62. The Morgan fingerprint density at radius 3 is 2.85 bits per heavy atom. The van der Waals surface area contributed by atoms with E-state index in [-0.39, 0.29) is 12.2 Å². The zero-order chi connectivity index (χ0) is 14.8. The fourth-order valence-corrected chi connectivity index (χ4v) is 2.37. The van der Waals surface area contributed by atoms with Crippen molar-refractivity contribution in [2.24, 2.45) is 0 Å². The third-order valence-corrected chi connectivity index (χ3v) is 3.25. The Bertz CT molecular complexity index is 460. The number of halogens is 2. The molecule has 0 amide bonds. The highest BCUT2D eigenvalue weighted by molar-refractivity contribution is 5.42. The summed E-state index contributed by atoms with van der Waals surface area (Å²) in [6.45, 7) is 3.56. The smallest absolute Gasteiger partial charge is 0.261 e. The Morgan fingerprint density at radius 1 is 1.40 bits per heavy atom. The van der Waals surface area contributed by atoms with Gasteiger partial charge in [0.2, 0.25) is 0 Å². The van der Waals surface area contributed by atoms with E-state index in [0.29, 0.717) is 6.42 Å². The number of alkyl halides is 2. The molecule has 112 valence electrons. The second-order valence-corrected chi connectivity index (χ2v) is 5.68. The summed E-state index contributed by atoms with van der Waals surface area (Å²) >= 11 is 0. The molecule has 1 unspecified atom stereocenters. The molecule has 20 heavy (non-hydrogen) atoms. The van der Waals surface area contributed by atoms with Crippen LogP contribution in [-0.4, -0.2) is 30.3 Å². The number of rotatable bonds is 6. The van der Waals surface area contributed by atoms with Crippen molar-refractivity contribution in [2.75, 3.05) is 13.2 Å². The van der Waals surface area contributed by atoms with Crippen LogP contribution in [0.3, 0.4) is 0 Å². The van der Waals surface area contributed by atoms with Crippen LogP contribution in [-0.2, 0) is 11.2 Å². The summed E-state index contributed by atoms with van der Waals surface area (Å²) in [6.07, 6.45) is -2.08. The molecule has 0 aliphatic carbocycles. The van der Waals surface area contributed by atoms with Crippen molar-refractivity contribution in [1.29, 1.82) is 0 Å². The molecule has 1 aromatic carbocycles. The van der Waals surface area contributed by atoms with E-state index in [1.807, 2.05) is 26.0 Å². The van der Waals surface area contributed by atoms with Crippen molar-refractivity contribution in [2.45, 2.75) is 44.8 Å². The van der Waals surface area contributed by atoms with Gasteiger partial charge in [0.25, 0.3) is 6.43 Å². The van der Waals surface area contributed by atoms with Crippen LogP contribution in [0, 0.1) is 0 Å². The molecule has 1 atom stereocenters. The summed E-state index contributed by atoms with van der Waals surface area (Å²) in [4.78, 5) is 0. The molecule has 0 spiro atoms. The average Bonchev–Trinajstić information content (AvgIpc) is 2.66. The summed E-state index contributed by atoms with van der Waals surface area (Å²) in [6, 6.07) is 5.57. The normalized spacial score (nSPS) is 17.9. The van der Waals surface area contributed by atoms with Gasteiger partial charge < -0.3 is 14.6 Å². The zero-order valence-corrected chi connectivity index (χ0v) is 11.7. The maximum atomic E-state index is 11.9. The van der Waals surface area contributed by atoms with E-state index < -0.39 is 19.1 Å². The van der Waals surface area contributed by atoms with Gasteiger partial charge in [0.05, 0.1) is 6.10 Å². The van der Waals surface area contributed by atoms with Gasteiger partial charge in [0.15, 0.2) is 0 Å². The maximum absolute atomic E-state index is 11.9. The molecule has 1 aliphatic rings. The van der Waals surface area contributed by atoms with Crippen LogP contribution in [0.5, 0.6) is 5.75 Å². The molecular formula is C15H20F2O3. The van der Waals surface area contributed by atoms with Crippen LogP contribution in [0.25, 0.3) is 0 Å². The second-order valence-electron chi connectivity index (χ2n) is 5.68. The number of aliphatic hydroxyl groups is 1. The first kappa shape index (κ1) is 15.2. The third kappa shape index (κ3) is 3.90. The topological polar surface area (TPSA) is 38.7 Å². The number of benzene rings is 1. The molecule has 0 radical (unpaired) electrons. The Labute approximate surface area is 117 Å². The van der Waals surface area contributed by atoms with Gasteiger partial charge in [-0.05, 0) is 37.1 Å². The monoisotopic (exact) mass is 286 g/mol. The predicted molar refractivity (Wildman–Crippen MR) is 71.3 cm³/mol. The highest BCUT2D eigenvalue weighted by Gasteiger charge is 2.30. The number of hydrogen-bond acceptors (Lipinski definition) is 3. The van der Waals surface area contributed by atoms with Crippen molar-refractivity contribution >= 4 is 0 Å². The lowest BCUT2D eigenvalue weighted by molar-refractivity contribution is 0.00481. The lowest BCUT2D eigenvalue weighted by Crippen LogP contribution is -2.24. The van der Waals surface area contributed by atoms with Crippen LogP contribution in [0.1, 0.15) is 37.5 Å². The molecule has 0 bridgehead atoms. The number of fused-ring (bicyclic) bond motifs is 1. The zero-order valence-electron chi connectivity index (χ0n) is 11.7. The molecule has 2 rings (SSSR count). The van der Waals surface area contributed by atoms with E-state index in [1.54, 1.807) is 6.07 Å². The maximum Gasteiger partial charge on any atom is 0.261 e. The van der Waals surface area contributed by atoms with Crippen molar-refractivity contribution in [3.63, 3.8) is 0 Å². The largest absolute Gasteiger partial charge is 0.487 e. The molecule has 3 nitrogen and oxygen atoms in total. The van der Waals surface area contributed by atoms with E-state index in [4.69, 9.17) is 9.47 Å². The minimum Gasteiger partial charge on any atom is -0.487 e. The standard InChI is InChI=1S/C15H20F2O3/c1-15(2)8-11-7-10(3-4-13(11)20-15)12(18)5-6-19-9-14(16)17/h3-4,7,12,14,18H,5-6,8-9H2,1-2H3. The molecule has 1 heterocycles. The Kier molecular flexibility index (Phi) is 4.60. The fourth-order valence-electron chi connectivity index (χ4n) is 2.37. The first-order chi connectivity index (χ1) is 9.37. The van der Waals surface area contributed by atoms with Gasteiger partial charge in [-0.15, -0.1) is 0 Å². The number of hydrogen-bond donors (Lipinski definition) is 1. The summed E-state index contributed by atoms with van der Waals surface area (Å²) in [5, 5.41) is 10.0. The molecular weight excluding hydrogens is 266 g/mol. The van der Waals surface area contributed by atoms with E-state index in [1.165, 1.54) is 0 Å². The lowest BCUT2D eigenvalue weighted by Gasteiger charge is -2.16. The van der Waals surface area contributed by atoms with Crippen molar-refractivity contribution in [3.8, 4) is 5.75 Å². The van der Waals surface area contributed by atoms with Crippen molar-refractivity contribution < 1.29 is 23.4 Å². The Morgan fingerprint density at radius 2 is 2.15 bits per heavy atom. The van der Waals surface area contributed by atoms with E-state index in [9.17, 15) is 13.9 Å². The quantitative estimate of drug-likeness (QED) is 0.817. The molecule has 0 fully saturated rings. The highest BCUT2D eigenvalue weighted by Crippen LogP contribution is 2.36. The molecule has 5 heteroatoms. The van der Waals surface area contributed by atoms with Gasteiger partial charge >= 0.3 is 0 Å². The third-order valence-electron chi connectivity index (χ3n) is 3.25. The molecule has 0 saturated heterocycles. The Balaban J connectivity index is 1.90. The minimum absolute atomic E-state index is 0.116. The van der Waals surface area contributed by atoms with E-state index in [2.05, 4.69) is 0 Å². The lowest BCUT2D eigenvalue weighted by atomic mass is 9.98. The van der Waals surface area contributed by atoms with Gasteiger partial charge in [-0.1, -0.05) is 6.07 Å². The van der Waals surface area contributed by atoms with Gasteiger partial charge in [-0.3, -0.25) is 0 Å². The van der Waals surface area contributed by atoms with Crippen molar-refractivity contribution in [3.05, 3.63) is 29.3 Å².